The predicted molar refractivity (Wildman–Crippen MR) is 47.8 cm³/mol. The minimum atomic E-state index is -0.371. The summed E-state index contributed by atoms with van der Waals surface area (Å²) >= 11 is 0. The second-order valence-electron chi connectivity index (χ2n) is 3.34. The first-order valence-electron chi connectivity index (χ1n) is 4.41. The zero-order valence-electron chi connectivity index (χ0n) is 7.67. The van der Waals surface area contributed by atoms with Crippen LogP contribution in [0.1, 0.15) is 19.8 Å². The second kappa shape index (κ2) is 4.23. The van der Waals surface area contributed by atoms with Crippen LogP contribution in [0.2, 0.25) is 0 Å². The molecule has 13 heavy (non-hydrogen) atoms. The molecule has 0 aromatic rings. The van der Waals surface area contributed by atoms with E-state index in [0.29, 0.717) is 13.0 Å². The van der Waals surface area contributed by atoms with Crippen molar-refractivity contribution in [2.24, 2.45) is 5.73 Å². The average molecular weight is 185 g/mol. The number of nitrogens with one attached hydrogen (secondary N) is 2. The third-order valence-corrected chi connectivity index (χ3v) is 2.18. The number of hydrogen-bond donors (Lipinski definition) is 3. The lowest BCUT2D eigenvalue weighted by atomic mass is 10.2. The molecule has 2 unspecified atom stereocenters. The standard InChI is InChI=1S/C8H15N3O2/c1-5(8(9)13)10-4-6-2-3-7(12)11-6/h5-6,10H,2-4H2,1H3,(H2,9,13)(H,11,12). The molecule has 0 spiro atoms. The first-order chi connectivity index (χ1) is 6.09. The normalized spacial score (nSPS) is 24.1. The first-order valence-corrected chi connectivity index (χ1v) is 4.41. The van der Waals surface area contributed by atoms with Gasteiger partial charge in [-0.1, -0.05) is 0 Å². The Kier molecular flexibility index (Phi) is 3.25. The smallest absolute Gasteiger partial charge is 0.234 e. The van der Waals surface area contributed by atoms with Crippen LogP contribution in [0.3, 0.4) is 0 Å². The summed E-state index contributed by atoms with van der Waals surface area (Å²) in [5, 5.41) is 5.75. The van der Waals surface area contributed by atoms with E-state index in [4.69, 9.17) is 5.73 Å². The summed E-state index contributed by atoms with van der Waals surface area (Å²) in [6.45, 7) is 2.31. The molecule has 1 heterocycles. The van der Waals surface area contributed by atoms with E-state index in [0.717, 1.165) is 6.42 Å². The SMILES string of the molecule is CC(NCC1CCC(=O)N1)C(N)=O. The Balaban J connectivity index is 2.19. The van der Waals surface area contributed by atoms with Crippen LogP contribution in [0, 0.1) is 0 Å². The fraction of sp³-hybridized carbons (Fsp3) is 0.750. The van der Waals surface area contributed by atoms with Gasteiger partial charge in [-0.3, -0.25) is 9.59 Å². The van der Waals surface area contributed by atoms with Crippen molar-refractivity contribution in [1.82, 2.24) is 10.6 Å². The number of amides is 2. The van der Waals surface area contributed by atoms with Gasteiger partial charge in [-0.15, -0.1) is 0 Å². The molecule has 2 amide bonds. The summed E-state index contributed by atoms with van der Waals surface area (Å²) in [7, 11) is 0. The summed E-state index contributed by atoms with van der Waals surface area (Å²) < 4.78 is 0. The van der Waals surface area contributed by atoms with Crippen molar-refractivity contribution in [3.05, 3.63) is 0 Å². The number of carbonyl (C=O) groups is 2. The highest BCUT2D eigenvalue weighted by atomic mass is 16.2. The number of nitrogens with two attached hydrogens (primary N) is 1. The highest BCUT2D eigenvalue weighted by Crippen LogP contribution is 2.04. The van der Waals surface area contributed by atoms with Crippen LogP contribution in [0.4, 0.5) is 0 Å². The molecule has 1 aliphatic rings. The lowest BCUT2D eigenvalue weighted by molar-refractivity contribution is -0.119. The van der Waals surface area contributed by atoms with Gasteiger partial charge in [-0.2, -0.15) is 0 Å². The highest BCUT2D eigenvalue weighted by Gasteiger charge is 2.21. The van der Waals surface area contributed by atoms with Crippen LogP contribution in [-0.2, 0) is 9.59 Å². The topological polar surface area (TPSA) is 84.2 Å². The van der Waals surface area contributed by atoms with E-state index in [1.807, 2.05) is 0 Å². The van der Waals surface area contributed by atoms with E-state index in [1.54, 1.807) is 6.92 Å². The van der Waals surface area contributed by atoms with Crippen LogP contribution < -0.4 is 16.4 Å². The van der Waals surface area contributed by atoms with Crippen molar-refractivity contribution in [3.8, 4) is 0 Å². The molecular weight excluding hydrogens is 170 g/mol. The van der Waals surface area contributed by atoms with Crippen molar-refractivity contribution in [3.63, 3.8) is 0 Å². The van der Waals surface area contributed by atoms with Crippen molar-refractivity contribution in [2.75, 3.05) is 6.54 Å². The predicted octanol–water partition coefficient (Wildman–Crippen LogP) is -1.27. The number of hydrogen-bond acceptors (Lipinski definition) is 3. The minimum absolute atomic E-state index is 0.0820. The molecule has 1 aliphatic heterocycles. The number of rotatable bonds is 4. The summed E-state index contributed by atoms with van der Waals surface area (Å²) in [5.41, 5.74) is 5.06. The summed E-state index contributed by atoms with van der Waals surface area (Å²) in [4.78, 5) is 21.4. The zero-order chi connectivity index (χ0) is 9.84. The van der Waals surface area contributed by atoms with Gasteiger partial charge >= 0.3 is 0 Å². The largest absolute Gasteiger partial charge is 0.368 e. The van der Waals surface area contributed by atoms with E-state index in [9.17, 15) is 9.59 Å². The van der Waals surface area contributed by atoms with Crippen molar-refractivity contribution >= 4 is 11.8 Å². The van der Waals surface area contributed by atoms with Gasteiger partial charge in [-0.05, 0) is 13.3 Å². The molecule has 0 radical (unpaired) electrons. The van der Waals surface area contributed by atoms with Gasteiger partial charge in [0.1, 0.15) is 0 Å². The Morgan fingerprint density at radius 3 is 3.00 bits per heavy atom. The van der Waals surface area contributed by atoms with E-state index in [2.05, 4.69) is 10.6 Å². The monoisotopic (exact) mass is 185 g/mol. The molecule has 0 saturated carbocycles. The van der Waals surface area contributed by atoms with Crippen molar-refractivity contribution < 1.29 is 9.59 Å². The highest BCUT2D eigenvalue weighted by molar-refractivity contribution is 5.79. The Labute approximate surface area is 77.1 Å². The molecule has 4 N–H and O–H groups in total. The molecule has 2 atom stereocenters. The molecule has 0 aromatic carbocycles. The van der Waals surface area contributed by atoms with E-state index < -0.39 is 0 Å². The van der Waals surface area contributed by atoms with Crippen molar-refractivity contribution in [1.29, 1.82) is 0 Å². The fourth-order valence-corrected chi connectivity index (χ4v) is 1.25. The minimum Gasteiger partial charge on any atom is -0.368 e. The molecule has 1 saturated heterocycles. The number of carbonyl (C=O) groups excluding carboxylic acids is 2. The van der Waals surface area contributed by atoms with Gasteiger partial charge in [0.15, 0.2) is 0 Å². The summed E-state index contributed by atoms with van der Waals surface area (Å²) in [5.74, 6) is -0.289. The summed E-state index contributed by atoms with van der Waals surface area (Å²) in [6, 6.07) is -0.188. The van der Waals surface area contributed by atoms with Crippen LogP contribution in [0.5, 0.6) is 0 Å². The maximum Gasteiger partial charge on any atom is 0.234 e. The van der Waals surface area contributed by atoms with E-state index in [1.165, 1.54) is 0 Å². The van der Waals surface area contributed by atoms with Crippen LogP contribution in [0.25, 0.3) is 0 Å². The van der Waals surface area contributed by atoms with Gasteiger partial charge in [-0.25, -0.2) is 0 Å². The Morgan fingerprint density at radius 1 is 1.85 bits per heavy atom. The van der Waals surface area contributed by atoms with Crippen LogP contribution in [-0.4, -0.2) is 30.4 Å². The molecule has 5 heteroatoms. The lowest BCUT2D eigenvalue weighted by Gasteiger charge is -2.14. The quantitative estimate of drug-likeness (QED) is 0.510. The number of primary amides is 1. The maximum absolute atomic E-state index is 10.8. The maximum atomic E-state index is 10.8. The Hall–Kier alpha value is -1.10. The molecule has 5 nitrogen and oxygen atoms in total. The van der Waals surface area contributed by atoms with Gasteiger partial charge in [0, 0.05) is 19.0 Å². The molecule has 1 fully saturated rings. The fourth-order valence-electron chi connectivity index (χ4n) is 1.25. The molecule has 0 aliphatic carbocycles. The molecule has 1 rings (SSSR count). The van der Waals surface area contributed by atoms with Gasteiger partial charge in [0.2, 0.25) is 11.8 Å². The van der Waals surface area contributed by atoms with Crippen LogP contribution >= 0.6 is 0 Å². The second-order valence-corrected chi connectivity index (χ2v) is 3.34. The zero-order valence-corrected chi connectivity index (χ0v) is 7.67. The molecule has 0 bridgehead atoms. The van der Waals surface area contributed by atoms with Gasteiger partial charge < -0.3 is 16.4 Å². The van der Waals surface area contributed by atoms with Gasteiger partial charge in [0.05, 0.1) is 6.04 Å². The van der Waals surface area contributed by atoms with Crippen LogP contribution in [0.15, 0.2) is 0 Å². The van der Waals surface area contributed by atoms with E-state index in [-0.39, 0.29) is 23.9 Å². The third-order valence-electron chi connectivity index (χ3n) is 2.18. The first kappa shape index (κ1) is 9.98. The Bertz CT molecular complexity index is 217. The van der Waals surface area contributed by atoms with Crippen molar-refractivity contribution in [2.45, 2.75) is 31.8 Å². The molecule has 0 aromatic heterocycles. The summed E-state index contributed by atoms with van der Waals surface area (Å²) in [6.07, 6.45) is 1.41. The Morgan fingerprint density at radius 2 is 2.54 bits per heavy atom. The van der Waals surface area contributed by atoms with E-state index >= 15 is 0 Å². The third kappa shape index (κ3) is 3.02. The molecular formula is C8H15N3O2. The van der Waals surface area contributed by atoms with Gasteiger partial charge in [0.25, 0.3) is 0 Å². The molecule has 74 valence electrons. The lowest BCUT2D eigenvalue weighted by Crippen LogP contribution is -2.44. The average Bonchev–Trinajstić information content (AvgIpc) is 2.47.